The molecule has 0 aromatic heterocycles. The summed E-state index contributed by atoms with van der Waals surface area (Å²) in [6.07, 6.45) is 50.2. The van der Waals surface area contributed by atoms with Crippen LogP contribution in [0, 0.1) is 11.8 Å². The molecule has 2 unspecified atom stereocenters. The fourth-order valence-corrected chi connectivity index (χ4v) is 12.0. The molecule has 2 fully saturated rings. The predicted molar refractivity (Wildman–Crippen MR) is 311 cm³/mol. The topological polar surface area (TPSA) is 121 Å². The molecular weight excluding hydrogens is 923 g/mol. The second-order valence-electron chi connectivity index (χ2n) is 23.1. The molecule has 4 amide bonds. The summed E-state index contributed by atoms with van der Waals surface area (Å²) in [5.74, 6) is 0.342. The molecule has 0 heterocycles. The summed E-state index contributed by atoms with van der Waals surface area (Å²) < 4.78 is 11.0. The van der Waals surface area contributed by atoms with Crippen molar-refractivity contribution in [3.63, 3.8) is 0 Å². The maximum Gasteiger partial charge on any atom is 0.243 e. The van der Waals surface area contributed by atoms with Gasteiger partial charge in [-0.3, -0.25) is 19.2 Å². The van der Waals surface area contributed by atoms with Crippen molar-refractivity contribution in [3.8, 4) is 0 Å². The van der Waals surface area contributed by atoms with Gasteiger partial charge in [0.25, 0.3) is 0 Å². The molecule has 0 bridgehead atoms. The van der Waals surface area contributed by atoms with E-state index < -0.39 is 12.1 Å². The average Bonchev–Trinajstić information content (AvgIpc) is 3.41. The lowest BCUT2D eigenvalue weighted by Crippen LogP contribution is -2.55. The van der Waals surface area contributed by atoms with Gasteiger partial charge in [0.2, 0.25) is 23.6 Å². The Morgan fingerprint density at radius 1 is 0.405 bits per heavy atom. The van der Waals surface area contributed by atoms with Crippen molar-refractivity contribution in [1.29, 1.82) is 0 Å². The van der Waals surface area contributed by atoms with Crippen molar-refractivity contribution in [3.05, 3.63) is 0 Å². The number of nitrogens with zero attached hydrogens (tertiary/aromatic N) is 3. The molecule has 2 saturated carbocycles. The molecule has 0 saturated heterocycles. The third-order valence-corrected chi connectivity index (χ3v) is 16.7. The number of likely N-dealkylation sites (N-methyl/N-ethyl adjacent to an activating group) is 1. The largest absolute Gasteiger partial charge is 0.383 e. The molecule has 0 radical (unpaired) electrons. The van der Waals surface area contributed by atoms with Gasteiger partial charge < -0.3 is 34.8 Å². The Morgan fingerprint density at radius 3 is 0.946 bits per heavy atom. The van der Waals surface area contributed by atoms with Gasteiger partial charge in [0.05, 0.1) is 13.2 Å². The molecular formula is C63H121N5O6. The molecule has 11 heteroatoms. The van der Waals surface area contributed by atoms with E-state index in [4.69, 9.17) is 9.47 Å². The molecule has 0 aromatic carbocycles. The Kier molecular flexibility index (Phi) is 44.0. The quantitative estimate of drug-likeness (QED) is 0.0582. The van der Waals surface area contributed by atoms with Gasteiger partial charge in [-0.15, -0.1) is 0 Å². The lowest BCUT2D eigenvalue weighted by atomic mass is 9.82. The highest BCUT2D eigenvalue weighted by Gasteiger charge is 2.38. The van der Waals surface area contributed by atoms with Crippen LogP contribution in [0.4, 0.5) is 0 Å². The van der Waals surface area contributed by atoms with Gasteiger partial charge in [0.15, 0.2) is 0 Å². The van der Waals surface area contributed by atoms with E-state index in [1.165, 1.54) is 180 Å². The number of rotatable bonds is 50. The van der Waals surface area contributed by atoms with E-state index in [1.54, 1.807) is 14.2 Å². The van der Waals surface area contributed by atoms with E-state index in [1.807, 2.05) is 16.8 Å². The van der Waals surface area contributed by atoms with Crippen molar-refractivity contribution in [2.75, 3.05) is 73.7 Å². The number of carbonyl (C=O) groups excluding carboxylic acids is 4. The van der Waals surface area contributed by atoms with Crippen LogP contribution < -0.4 is 10.6 Å². The number of amides is 4. The first kappa shape index (κ1) is 67.9. The third-order valence-electron chi connectivity index (χ3n) is 16.7. The van der Waals surface area contributed by atoms with Crippen LogP contribution in [-0.2, 0) is 28.7 Å². The molecule has 0 aromatic rings. The van der Waals surface area contributed by atoms with Crippen LogP contribution in [0.2, 0.25) is 0 Å². The minimum absolute atomic E-state index is 0.0555. The van der Waals surface area contributed by atoms with Crippen LogP contribution >= 0.6 is 0 Å². The SMILES string of the molecule is CCCCCCCCCCCCCCCCCC(=O)N(CCOC)C(C(=O)NCCN(C)CCNC(=O)C(C1CCCCC1)N(CCOC)C(=O)CCCCCCCCCCCCCCCCC)C1CCCCC1. The first-order valence-electron chi connectivity index (χ1n) is 32.1. The summed E-state index contributed by atoms with van der Waals surface area (Å²) in [5, 5.41) is 6.48. The molecule has 2 aliphatic carbocycles. The van der Waals surface area contributed by atoms with E-state index in [-0.39, 0.29) is 35.5 Å². The number of hydrogen-bond donors (Lipinski definition) is 2. The highest BCUT2D eigenvalue weighted by Crippen LogP contribution is 2.32. The van der Waals surface area contributed by atoms with Gasteiger partial charge in [0.1, 0.15) is 12.1 Å². The number of ether oxygens (including phenoxy) is 2. The van der Waals surface area contributed by atoms with Crippen molar-refractivity contribution in [2.45, 2.75) is 296 Å². The summed E-state index contributed by atoms with van der Waals surface area (Å²) in [6, 6.07) is -0.975. The van der Waals surface area contributed by atoms with Crippen LogP contribution in [0.3, 0.4) is 0 Å². The van der Waals surface area contributed by atoms with Crippen LogP contribution in [0.5, 0.6) is 0 Å². The van der Waals surface area contributed by atoms with Gasteiger partial charge in [-0.1, -0.05) is 232 Å². The highest BCUT2D eigenvalue weighted by atomic mass is 16.5. The summed E-state index contributed by atoms with van der Waals surface area (Å²) in [5.41, 5.74) is 0. The summed E-state index contributed by atoms with van der Waals surface area (Å²) in [7, 11) is 5.36. The Balaban J connectivity index is 1.84. The van der Waals surface area contributed by atoms with Gasteiger partial charge in [-0.25, -0.2) is 0 Å². The second-order valence-corrected chi connectivity index (χ2v) is 23.1. The fraction of sp³-hybridized carbons (Fsp3) is 0.937. The molecule has 434 valence electrons. The van der Waals surface area contributed by atoms with Crippen LogP contribution in [-0.4, -0.2) is 124 Å². The smallest absolute Gasteiger partial charge is 0.243 e. The lowest BCUT2D eigenvalue weighted by molar-refractivity contribution is -0.144. The summed E-state index contributed by atoms with van der Waals surface area (Å²) >= 11 is 0. The average molecular weight is 1040 g/mol. The minimum Gasteiger partial charge on any atom is -0.383 e. The van der Waals surface area contributed by atoms with Gasteiger partial charge in [-0.05, 0) is 57.4 Å². The molecule has 2 rings (SSSR count). The minimum atomic E-state index is -0.487. The van der Waals surface area contributed by atoms with Crippen LogP contribution in [0.25, 0.3) is 0 Å². The van der Waals surface area contributed by atoms with E-state index in [9.17, 15) is 19.2 Å². The Morgan fingerprint density at radius 2 is 0.676 bits per heavy atom. The number of hydrogen-bond acceptors (Lipinski definition) is 7. The van der Waals surface area contributed by atoms with Crippen molar-refractivity contribution >= 4 is 23.6 Å². The normalized spacial score (nSPS) is 15.3. The molecule has 74 heavy (non-hydrogen) atoms. The third kappa shape index (κ3) is 33.1. The zero-order valence-corrected chi connectivity index (χ0v) is 49.5. The van der Waals surface area contributed by atoms with Crippen molar-refractivity contribution in [2.24, 2.45) is 11.8 Å². The van der Waals surface area contributed by atoms with E-state index >= 15 is 0 Å². The highest BCUT2D eigenvalue weighted by molar-refractivity contribution is 5.88. The van der Waals surface area contributed by atoms with Gasteiger partial charge in [0, 0.05) is 66.3 Å². The zero-order valence-electron chi connectivity index (χ0n) is 49.5. The Hall–Kier alpha value is -2.24. The number of carbonyl (C=O) groups is 4. The summed E-state index contributed by atoms with van der Waals surface area (Å²) in [4.78, 5) is 62.2. The first-order valence-corrected chi connectivity index (χ1v) is 32.1. The van der Waals surface area contributed by atoms with Crippen LogP contribution in [0.1, 0.15) is 284 Å². The zero-order chi connectivity index (χ0) is 53.5. The Bertz CT molecular complexity index is 1240. The molecule has 2 aliphatic rings. The standard InChI is InChI=1S/C63H121N5O6/c1-6-8-10-12-14-16-18-20-22-24-26-28-30-32-40-46-58(69)67(52-54-73-4)60(56-42-36-34-37-43-56)62(71)64-48-50-66(3)51-49-65-63(72)61(57-44-38-35-39-45-57)68(53-55-74-5)59(70)47-41-33-31-29-27-25-23-21-19-17-15-13-11-9-7-2/h56-57,60-61H,6-55H2,1-5H3,(H,64,71)(H,65,72). The van der Waals surface area contributed by atoms with Crippen LogP contribution in [0.15, 0.2) is 0 Å². The maximum absolute atomic E-state index is 14.2. The van der Waals surface area contributed by atoms with Crippen molar-refractivity contribution in [1.82, 2.24) is 25.3 Å². The molecule has 11 nitrogen and oxygen atoms in total. The monoisotopic (exact) mass is 1040 g/mol. The van der Waals surface area contributed by atoms with E-state index in [0.717, 1.165) is 77.0 Å². The van der Waals surface area contributed by atoms with Crippen molar-refractivity contribution < 1.29 is 28.7 Å². The number of nitrogens with one attached hydrogen (secondary N) is 2. The lowest BCUT2D eigenvalue weighted by Gasteiger charge is -2.38. The van der Waals surface area contributed by atoms with Gasteiger partial charge in [-0.2, -0.15) is 0 Å². The Labute approximate surface area is 457 Å². The summed E-state index contributed by atoms with van der Waals surface area (Å²) in [6.45, 7) is 8.40. The fourth-order valence-electron chi connectivity index (χ4n) is 12.0. The van der Waals surface area contributed by atoms with E-state index in [2.05, 4.69) is 29.4 Å². The van der Waals surface area contributed by atoms with E-state index in [0.29, 0.717) is 65.3 Å². The molecule has 2 N–H and O–H groups in total. The molecule has 2 atom stereocenters. The maximum atomic E-state index is 14.2. The predicted octanol–water partition coefficient (Wildman–Crippen LogP) is 14.5. The van der Waals surface area contributed by atoms with Gasteiger partial charge >= 0.3 is 0 Å². The number of methoxy groups -OCH3 is 2. The first-order chi connectivity index (χ1) is 36.3. The molecule has 0 aliphatic heterocycles. The number of unbranched alkanes of at least 4 members (excludes halogenated alkanes) is 28. The molecule has 0 spiro atoms. The second kappa shape index (κ2) is 47.9.